The molecular weight excluding hydrogens is 286 g/mol. The van der Waals surface area contributed by atoms with Crippen molar-refractivity contribution < 1.29 is 4.74 Å². The minimum absolute atomic E-state index is 0.0785. The maximum Gasteiger partial charge on any atom is 0.193 e. The normalized spacial score (nSPS) is 21.2. The second-order valence-electron chi connectivity index (χ2n) is 5.88. The topological polar surface area (TPSA) is 36.9 Å². The second kappa shape index (κ2) is 6.24. The Morgan fingerprint density at radius 2 is 2.19 bits per heavy atom. The van der Waals surface area contributed by atoms with Crippen molar-refractivity contribution in [3.63, 3.8) is 0 Å². The van der Waals surface area contributed by atoms with Gasteiger partial charge in [-0.25, -0.2) is 0 Å². The minimum atomic E-state index is 0.0785. The van der Waals surface area contributed by atoms with Crippen LogP contribution in [0.1, 0.15) is 18.4 Å². The molecule has 5 heteroatoms. The Kier molecular flexibility index (Phi) is 4.36. The Bertz CT molecular complexity index is 526. The van der Waals surface area contributed by atoms with Crippen LogP contribution in [0.4, 0.5) is 0 Å². The third kappa shape index (κ3) is 3.16. The highest BCUT2D eigenvalue weighted by Crippen LogP contribution is 2.35. The van der Waals surface area contributed by atoms with Crippen LogP contribution in [0.5, 0.6) is 0 Å². The Balaban J connectivity index is 1.80. The number of aliphatic imine (C=N–C) groups is 1. The molecule has 0 radical (unpaired) electrons. The first-order valence-electron chi connectivity index (χ1n) is 7.53. The van der Waals surface area contributed by atoms with Gasteiger partial charge in [-0.3, -0.25) is 4.99 Å². The minimum Gasteiger partial charge on any atom is -0.381 e. The molecular formula is C16H22ClN3O. The molecule has 114 valence electrons. The fourth-order valence-corrected chi connectivity index (χ4v) is 3.31. The van der Waals surface area contributed by atoms with E-state index < -0.39 is 0 Å². The molecule has 0 amide bonds. The summed E-state index contributed by atoms with van der Waals surface area (Å²) in [6, 6.07) is 8.24. The van der Waals surface area contributed by atoms with E-state index in [1.807, 2.05) is 12.1 Å². The van der Waals surface area contributed by atoms with Crippen LogP contribution in [0.15, 0.2) is 29.3 Å². The predicted octanol–water partition coefficient (Wildman–Crippen LogP) is 2.28. The summed E-state index contributed by atoms with van der Waals surface area (Å²) >= 11 is 6.19. The lowest BCUT2D eigenvalue weighted by Crippen LogP contribution is -2.47. The molecule has 2 aliphatic rings. The summed E-state index contributed by atoms with van der Waals surface area (Å²) in [5.74, 6) is 1.00. The predicted molar refractivity (Wildman–Crippen MR) is 86.1 cm³/mol. The van der Waals surface area contributed by atoms with Gasteiger partial charge in [0.05, 0.1) is 6.54 Å². The Labute approximate surface area is 131 Å². The number of likely N-dealkylation sites (N-methyl/N-ethyl adjacent to an activating group) is 1. The molecule has 1 fully saturated rings. The molecule has 1 N–H and O–H groups in total. The zero-order valence-corrected chi connectivity index (χ0v) is 13.2. The molecule has 1 aromatic carbocycles. The molecule has 2 aliphatic heterocycles. The van der Waals surface area contributed by atoms with Crippen LogP contribution < -0.4 is 5.32 Å². The number of nitrogens with one attached hydrogen (secondary N) is 1. The van der Waals surface area contributed by atoms with Gasteiger partial charge < -0.3 is 15.0 Å². The number of guanidine groups is 1. The monoisotopic (exact) mass is 307 g/mol. The lowest BCUT2D eigenvalue weighted by atomic mass is 9.74. The molecule has 3 rings (SSSR count). The number of hydrogen-bond acceptors (Lipinski definition) is 4. The summed E-state index contributed by atoms with van der Waals surface area (Å²) in [6.45, 7) is 4.36. The first-order valence-corrected chi connectivity index (χ1v) is 7.91. The van der Waals surface area contributed by atoms with Crippen molar-refractivity contribution in [1.82, 2.24) is 10.2 Å². The molecule has 1 aromatic rings. The van der Waals surface area contributed by atoms with Crippen molar-refractivity contribution >= 4 is 17.6 Å². The smallest absolute Gasteiger partial charge is 0.193 e. The maximum atomic E-state index is 6.19. The fourth-order valence-electron chi connectivity index (χ4n) is 3.12. The van der Waals surface area contributed by atoms with Gasteiger partial charge in [0.15, 0.2) is 5.96 Å². The highest BCUT2D eigenvalue weighted by molar-refractivity contribution is 6.30. The van der Waals surface area contributed by atoms with E-state index in [0.29, 0.717) is 0 Å². The molecule has 0 unspecified atom stereocenters. The van der Waals surface area contributed by atoms with E-state index in [1.54, 1.807) is 0 Å². The van der Waals surface area contributed by atoms with E-state index >= 15 is 0 Å². The molecule has 0 saturated carbocycles. The van der Waals surface area contributed by atoms with Gasteiger partial charge in [0.2, 0.25) is 0 Å². The van der Waals surface area contributed by atoms with E-state index in [0.717, 1.165) is 56.7 Å². The quantitative estimate of drug-likeness (QED) is 0.931. The molecule has 4 nitrogen and oxygen atoms in total. The van der Waals surface area contributed by atoms with Crippen LogP contribution in [0.25, 0.3) is 0 Å². The third-order valence-corrected chi connectivity index (χ3v) is 4.77. The standard InChI is InChI=1S/C16H22ClN3O/c1-20-8-7-18-15(20)19-12-16(5-9-21-10-6-16)13-3-2-4-14(17)11-13/h2-4,11H,5-10,12H2,1H3,(H,18,19). The number of nitrogens with zero attached hydrogens (tertiary/aromatic N) is 2. The molecule has 0 atom stereocenters. The largest absolute Gasteiger partial charge is 0.381 e. The van der Waals surface area contributed by atoms with E-state index in [-0.39, 0.29) is 5.41 Å². The molecule has 0 aromatic heterocycles. The molecule has 0 aliphatic carbocycles. The number of halogens is 1. The third-order valence-electron chi connectivity index (χ3n) is 4.53. The number of ether oxygens (including phenoxy) is 1. The summed E-state index contributed by atoms with van der Waals surface area (Å²) < 4.78 is 5.57. The van der Waals surface area contributed by atoms with Gasteiger partial charge in [0, 0.05) is 43.8 Å². The first kappa shape index (κ1) is 14.7. The highest BCUT2D eigenvalue weighted by atomic mass is 35.5. The van der Waals surface area contributed by atoms with Crippen molar-refractivity contribution in [2.24, 2.45) is 4.99 Å². The molecule has 2 heterocycles. The van der Waals surface area contributed by atoms with Crippen molar-refractivity contribution in [3.8, 4) is 0 Å². The average molecular weight is 308 g/mol. The Hall–Kier alpha value is -1.26. The molecule has 0 bridgehead atoms. The summed E-state index contributed by atoms with van der Waals surface area (Å²) in [6.07, 6.45) is 2.02. The van der Waals surface area contributed by atoms with Gasteiger partial charge in [-0.15, -0.1) is 0 Å². The number of hydrogen-bond donors (Lipinski definition) is 1. The Morgan fingerprint density at radius 1 is 1.38 bits per heavy atom. The number of benzene rings is 1. The van der Waals surface area contributed by atoms with Crippen LogP contribution in [-0.4, -0.2) is 50.8 Å². The van der Waals surface area contributed by atoms with Gasteiger partial charge in [-0.05, 0) is 30.5 Å². The van der Waals surface area contributed by atoms with Crippen LogP contribution in [-0.2, 0) is 10.2 Å². The summed E-state index contributed by atoms with van der Waals surface area (Å²) in [5, 5.41) is 4.34. The van der Waals surface area contributed by atoms with Gasteiger partial charge in [0.1, 0.15) is 0 Å². The van der Waals surface area contributed by atoms with Gasteiger partial charge >= 0.3 is 0 Å². The lowest BCUT2D eigenvalue weighted by Gasteiger charge is -2.38. The van der Waals surface area contributed by atoms with E-state index in [1.165, 1.54) is 5.56 Å². The highest BCUT2D eigenvalue weighted by Gasteiger charge is 2.35. The molecule has 0 spiro atoms. The van der Waals surface area contributed by atoms with Crippen molar-refractivity contribution in [3.05, 3.63) is 34.9 Å². The van der Waals surface area contributed by atoms with Crippen LogP contribution in [0, 0.1) is 0 Å². The summed E-state index contributed by atoms with van der Waals surface area (Å²) in [7, 11) is 2.08. The SMILES string of the molecule is CN1CCN=C1NCC1(c2cccc(Cl)c2)CCOCC1. The molecule has 21 heavy (non-hydrogen) atoms. The van der Waals surface area contributed by atoms with E-state index in [2.05, 4.69) is 34.4 Å². The van der Waals surface area contributed by atoms with Gasteiger partial charge in [0.25, 0.3) is 0 Å². The van der Waals surface area contributed by atoms with Gasteiger partial charge in [-0.1, -0.05) is 23.7 Å². The summed E-state index contributed by atoms with van der Waals surface area (Å²) in [5.41, 5.74) is 1.38. The fraction of sp³-hybridized carbons (Fsp3) is 0.562. The Morgan fingerprint density at radius 3 is 2.86 bits per heavy atom. The zero-order valence-electron chi connectivity index (χ0n) is 12.4. The molecule has 1 saturated heterocycles. The first-order chi connectivity index (χ1) is 10.2. The van der Waals surface area contributed by atoms with Gasteiger partial charge in [-0.2, -0.15) is 0 Å². The lowest BCUT2D eigenvalue weighted by molar-refractivity contribution is 0.0512. The van der Waals surface area contributed by atoms with Crippen LogP contribution in [0.3, 0.4) is 0 Å². The van der Waals surface area contributed by atoms with Crippen molar-refractivity contribution in [2.75, 3.05) is 39.9 Å². The average Bonchev–Trinajstić information content (AvgIpc) is 2.91. The van der Waals surface area contributed by atoms with Crippen molar-refractivity contribution in [1.29, 1.82) is 0 Å². The zero-order chi connectivity index (χ0) is 14.7. The summed E-state index contributed by atoms with van der Waals surface area (Å²) in [4.78, 5) is 6.69. The van der Waals surface area contributed by atoms with E-state index in [4.69, 9.17) is 16.3 Å². The maximum absolute atomic E-state index is 6.19. The van der Waals surface area contributed by atoms with Crippen LogP contribution in [0.2, 0.25) is 5.02 Å². The van der Waals surface area contributed by atoms with Crippen molar-refractivity contribution in [2.45, 2.75) is 18.3 Å². The van der Waals surface area contributed by atoms with Crippen LogP contribution >= 0.6 is 11.6 Å². The van der Waals surface area contributed by atoms with E-state index in [9.17, 15) is 0 Å². The second-order valence-corrected chi connectivity index (χ2v) is 6.32. The number of rotatable bonds is 3.